The molecule has 1 aliphatic heterocycles. The van der Waals surface area contributed by atoms with E-state index in [0.717, 1.165) is 5.33 Å². The van der Waals surface area contributed by atoms with Gasteiger partial charge < -0.3 is 9.80 Å². The van der Waals surface area contributed by atoms with Crippen LogP contribution in [0.3, 0.4) is 0 Å². The minimum Gasteiger partial charge on any atom is -0.304 e. The molecule has 0 aromatic carbocycles. The number of unbranched alkanes of at least 4 members (excludes halogenated alkanes) is 1. The minimum absolute atomic E-state index is 1.15. The van der Waals surface area contributed by atoms with Crippen molar-refractivity contribution in [1.29, 1.82) is 0 Å². The van der Waals surface area contributed by atoms with Gasteiger partial charge >= 0.3 is 0 Å². The van der Waals surface area contributed by atoms with Crippen LogP contribution in [0.1, 0.15) is 12.8 Å². The summed E-state index contributed by atoms with van der Waals surface area (Å²) < 4.78 is 0. The van der Waals surface area contributed by atoms with Gasteiger partial charge in [-0.3, -0.25) is 0 Å². The van der Waals surface area contributed by atoms with E-state index in [1.54, 1.807) is 0 Å². The second-order valence-corrected chi connectivity index (χ2v) is 4.33. The molecule has 1 saturated heterocycles. The normalized spacial score (nSPS) is 21.5. The fourth-order valence-corrected chi connectivity index (χ4v) is 1.90. The first-order valence-electron chi connectivity index (χ1n) is 4.80. The molecule has 0 N–H and O–H groups in total. The first-order valence-corrected chi connectivity index (χ1v) is 5.92. The quantitative estimate of drug-likeness (QED) is 0.537. The number of piperazine rings is 1. The Bertz CT molecular complexity index is 111. The smallest absolute Gasteiger partial charge is 0.0110 e. The summed E-state index contributed by atoms with van der Waals surface area (Å²) in [5, 5.41) is 1.15. The van der Waals surface area contributed by atoms with Crippen LogP contribution in [-0.4, -0.2) is 54.9 Å². The lowest BCUT2D eigenvalue weighted by atomic mass is 10.3. The maximum atomic E-state index is 3.46. The molecule has 2 nitrogen and oxygen atoms in total. The van der Waals surface area contributed by atoms with Crippen molar-refractivity contribution < 1.29 is 0 Å². The number of rotatable bonds is 4. The molecule has 0 unspecified atom stereocenters. The zero-order valence-electron chi connectivity index (χ0n) is 7.93. The van der Waals surface area contributed by atoms with E-state index in [1.807, 2.05) is 0 Å². The lowest BCUT2D eigenvalue weighted by molar-refractivity contribution is 0.153. The van der Waals surface area contributed by atoms with E-state index >= 15 is 0 Å². The summed E-state index contributed by atoms with van der Waals surface area (Å²) >= 11 is 3.46. The molecule has 0 spiro atoms. The van der Waals surface area contributed by atoms with Gasteiger partial charge in [-0.25, -0.2) is 0 Å². The van der Waals surface area contributed by atoms with Crippen LogP contribution in [0.25, 0.3) is 0 Å². The van der Waals surface area contributed by atoms with Crippen LogP contribution in [-0.2, 0) is 0 Å². The van der Waals surface area contributed by atoms with Crippen LogP contribution in [0.15, 0.2) is 0 Å². The van der Waals surface area contributed by atoms with Crippen LogP contribution in [0.4, 0.5) is 0 Å². The summed E-state index contributed by atoms with van der Waals surface area (Å²) in [7, 11) is 2.20. The number of hydrogen-bond donors (Lipinski definition) is 0. The molecule has 0 bridgehead atoms. The van der Waals surface area contributed by atoms with Crippen molar-refractivity contribution in [2.24, 2.45) is 0 Å². The average Bonchev–Trinajstić information content (AvgIpc) is 2.09. The molecule has 1 heterocycles. The highest BCUT2D eigenvalue weighted by atomic mass is 79.9. The van der Waals surface area contributed by atoms with Gasteiger partial charge in [0.15, 0.2) is 0 Å². The highest BCUT2D eigenvalue weighted by Crippen LogP contribution is 2.02. The topological polar surface area (TPSA) is 6.48 Å². The largest absolute Gasteiger partial charge is 0.304 e. The predicted octanol–water partition coefficient (Wildman–Crippen LogP) is 1.41. The summed E-state index contributed by atoms with van der Waals surface area (Å²) in [5.41, 5.74) is 0. The Kier molecular flexibility index (Phi) is 5.19. The highest BCUT2D eigenvalue weighted by molar-refractivity contribution is 9.09. The van der Waals surface area contributed by atoms with Crippen LogP contribution >= 0.6 is 15.9 Å². The summed E-state index contributed by atoms with van der Waals surface area (Å²) in [6.07, 6.45) is 2.65. The molecule has 1 fully saturated rings. The van der Waals surface area contributed by atoms with E-state index in [-0.39, 0.29) is 0 Å². The molecule has 1 aliphatic rings. The van der Waals surface area contributed by atoms with Gasteiger partial charge in [0.2, 0.25) is 0 Å². The second kappa shape index (κ2) is 5.95. The molecule has 0 saturated carbocycles. The van der Waals surface area contributed by atoms with E-state index in [9.17, 15) is 0 Å². The van der Waals surface area contributed by atoms with Crippen molar-refractivity contribution in [1.82, 2.24) is 9.80 Å². The standard InChI is InChI=1S/C9H19BrN2/c1-11-6-8-12(9-7-11)5-3-2-4-10/h2-9H2,1H3. The molecule has 0 aliphatic carbocycles. The van der Waals surface area contributed by atoms with E-state index < -0.39 is 0 Å². The van der Waals surface area contributed by atoms with Gasteiger partial charge in [0.25, 0.3) is 0 Å². The number of nitrogens with zero attached hydrogens (tertiary/aromatic N) is 2. The first kappa shape index (κ1) is 10.5. The maximum Gasteiger partial charge on any atom is 0.0110 e. The summed E-state index contributed by atoms with van der Waals surface area (Å²) in [4.78, 5) is 4.98. The zero-order chi connectivity index (χ0) is 8.81. The highest BCUT2D eigenvalue weighted by Gasteiger charge is 2.12. The van der Waals surface area contributed by atoms with Gasteiger partial charge in [-0.15, -0.1) is 0 Å². The Hall–Kier alpha value is 0.400. The summed E-state index contributed by atoms with van der Waals surface area (Å²) in [5.74, 6) is 0. The molecule has 0 atom stereocenters. The van der Waals surface area contributed by atoms with Gasteiger partial charge in [-0.05, 0) is 26.4 Å². The third kappa shape index (κ3) is 3.87. The van der Waals surface area contributed by atoms with Gasteiger partial charge in [-0.1, -0.05) is 15.9 Å². The van der Waals surface area contributed by atoms with E-state index in [2.05, 4.69) is 32.8 Å². The number of hydrogen-bond acceptors (Lipinski definition) is 2. The third-order valence-electron chi connectivity index (χ3n) is 2.45. The Labute approximate surface area is 84.0 Å². The summed E-state index contributed by atoms with van der Waals surface area (Å²) in [6, 6.07) is 0. The fourth-order valence-electron chi connectivity index (χ4n) is 1.50. The molecule has 0 radical (unpaired) electrons. The Morgan fingerprint density at radius 1 is 1.08 bits per heavy atom. The molecule has 0 aromatic heterocycles. The maximum absolute atomic E-state index is 3.46. The van der Waals surface area contributed by atoms with Gasteiger partial charge in [-0.2, -0.15) is 0 Å². The molecule has 12 heavy (non-hydrogen) atoms. The molecule has 72 valence electrons. The van der Waals surface area contributed by atoms with Crippen molar-refractivity contribution in [3.63, 3.8) is 0 Å². The van der Waals surface area contributed by atoms with Crippen LogP contribution in [0.5, 0.6) is 0 Å². The first-order chi connectivity index (χ1) is 5.83. The molecule has 0 aromatic rings. The third-order valence-corrected chi connectivity index (χ3v) is 3.01. The van der Waals surface area contributed by atoms with Crippen LogP contribution in [0.2, 0.25) is 0 Å². The van der Waals surface area contributed by atoms with Crippen molar-refractivity contribution in [3.8, 4) is 0 Å². The summed E-state index contributed by atoms with van der Waals surface area (Å²) in [6.45, 7) is 6.31. The molecule has 3 heteroatoms. The Balaban J connectivity index is 2.01. The monoisotopic (exact) mass is 234 g/mol. The van der Waals surface area contributed by atoms with Crippen molar-refractivity contribution in [2.45, 2.75) is 12.8 Å². The van der Waals surface area contributed by atoms with E-state index in [0.29, 0.717) is 0 Å². The van der Waals surface area contributed by atoms with E-state index in [1.165, 1.54) is 45.6 Å². The average molecular weight is 235 g/mol. The van der Waals surface area contributed by atoms with Crippen LogP contribution in [0, 0.1) is 0 Å². The minimum atomic E-state index is 1.15. The van der Waals surface area contributed by atoms with E-state index in [4.69, 9.17) is 0 Å². The van der Waals surface area contributed by atoms with Gasteiger partial charge in [0.1, 0.15) is 0 Å². The fraction of sp³-hybridized carbons (Fsp3) is 1.00. The van der Waals surface area contributed by atoms with Crippen LogP contribution < -0.4 is 0 Å². The van der Waals surface area contributed by atoms with Gasteiger partial charge in [0.05, 0.1) is 0 Å². The number of halogens is 1. The lowest BCUT2D eigenvalue weighted by Crippen LogP contribution is -2.44. The molecule has 1 rings (SSSR count). The second-order valence-electron chi connectivity index (χ2n) is 3.54. The molecular formula is C9H19BrN2. The number of likely N-dealkylation sites (N-methyl/N-ethyl adjacent to an activating group) is 1. The zero-order valence-corrected chi connectivity index (χ0v) is 9.52. The molecular weight excluding hydrogens is 216 g/mol. The van der Waals surface area contributed by atoms with Crippen molar-refractivity contribution >= 4 is 15.9 Å². The SMILES string of the molecule is CN1CCN(CCCCBr)CC1. The predicted molar refractivity (Wildman–Crippen MR) is 57.0 cm³/mol. The molecule has 0 amide bonds. The lowest BCUT2D eigenvalue weighted by Gasteiger charge is -2.32. The van der Waals surface area contributed by atoms with Crippen molar-refractivity contribution in [2.75, 3.05) is 45.1 Å². The Morgan fingerprint density at radius 3 is 2.33 bits per heavy atom. The Morgan fingerprint density at radius 2 is 1.75 bits per heavy atom. The van der Waals surface area contributed by atoms with Crippen molar-refractivity contribution in [3.05, 3.63) is 0 Å². The van der Waals surface area contributed by atoms with Gasteiger partial charge in [0, 0.05) is 31.5 Å². The number of alkyl halides is 1.